The van der Waals surface area contributed by atoms with Crippen molar-refractivity contribution in [1.29, 1.82) is 0 Å². The van der Waals surface area contributed by atoms with Gasteiger partial charge in [-0.1, -0.05) is 300 Å². The fourth-order valence-electron chi connectivity index (χ4n) is 8.97. The number of phosphoric ester groups is 2. The average molecular weight is 1440 g/mol. The highest BCUT2D eigenvalue weighted by Crippen LogP contribution is 2.45. The molecule has 0 rings (SSSR count). The highest BCUT2D eigenvalue weighted by molar-refractivity contribution is 7.47. The van der Waals surface area contributed by atoms with Gasteiger partial charge in [-0.05, 0) is 103 Å². The number of esters is 4. The Morgan fingerprint density at radius 2 is 0.520 bits per heavy atom. The molecule has 564 valence electrons. The highest BCUT2D eigenvalue weighted by Gasteiger charge is 2.30. The fourth-order valence-corrected chi connectivity index (χ4v) is 10.5. The molecule has 0 aromatic heterocycles. The Labute approximate surface area is 603 Å². The number of carbonyl (C=O) groups is 4. The zero-order chi connectivity index (χ0) is 73.2. The number of aliphatic hydroxyl groups excluding tert-OH is 1. The third-order valence-corrected chi connectivity index (χ3v) is 16.4. The molecule has 0 fully saturated rings. The standard InChI is InChI=1S/C81H128O17P2/c1-5-9-13-17-21-25-29-33-37-41-45-49-53-57-61-65-78(83)91-71-76(97-80(85)67-63-59-55-51-47-43-39-35-31-27-23-19-15-11-7-3)73-95-99(87,88)93-69-75(82)70-94-100(89,90)96-74-77(98-81(86)68-64-60-56-52-48-44-40-36-32-28-24-20-16-12-8-4)72-92-79(84)66-62-58-54-50-46-42-38-34-30-26-22-18-14-10-6-2/h9-11,13-15,21-23,25-27,33-35,37-39,45-47,49-51,57-59,61-63,75-77,82H,5-8,12,16-20,24,28-32,36,40-44,48,52-56,60,64-74H2,1-4H3,(H,87,88)(H,89,90)/b13-9-,14-10-,15-11-,25-21-,26-22-,27-23-,37-33-,38-34-,39-35-,49-45-,50-46-,51-47-,61-57-,62-58-,63-59-. The third kappa shape index (κ3) is 70.6. The summed E-state index contributed by atoms with van der Waals surface area (Å²) in [6, 6.07) is 0. The van der Waals surface area contributed by atoms with Crippen LogP contribution in [0.4, 0.5) is 0 Å². The van der Waals surface area contributed by atoms with E-state index in [2.05, 4.69) is 137 Å². The van der Waals surface area contributed by atoms with Gasteiger partial charge in [0.25, 0.3) is 0 Å². The topological polar surface area (TPSA) is 237 Å². The Bertz CT molecular complexity index is 2620. The number of allylic oxidation sites excluding steroid dienone is 27. The Kier molecular flexibility index (Phi) is 67.4. The zero-order valence-electron chi connectivity index (χ0n) is 61.3. The maximum atomic E-state index is 13.1. The number of ether oxygens (including phenoxy) is 4. The smallest absolute Gasteiger partial charge is 0.461 e. The lowest BCUT2D eigenvalue weighted by Gasteiger charge is -2.21. The van der Waals surface area contributed by atoms with Crippen molar-refractivity contribution in [1.82, 2.24) is 0 Å². The molecule has 0 spiro atoms. The van der Waals surface area contributed by atoms with E-state index in [0.717, 1.165) is 103 Å². The van der Waals surface area contributed by atoms with Crippen molar-refractivity contribution in [2.75, 3.05) is 39.6 Å². The molecule has 0 saturated carbocycles. The monoisotopic (exact) mass is 1430 g/mol. The van der Waals surface area contributed by atoms with Crippen molar-refractivity contribution < 1.29 is 80.2 Å². The molecule has 5 atom stereocenters. The van der Waals surface area contributed by atoms with Gasteiger partial charge in [0, 0.05) is 6.42 Å². The number of unbranched alkanes of at least 4 members (excludes halogenated alkanes) is 14. The molecule has 0 heterocycles. The number of rotatable bonds is 67. The van der Waals surface area contributed by atoms with Crippen molar-refractivity contribution in [3.05, 3.63) is 182 Å². The molecule has 0 aliphatic rings. The van der Waals surface area contributed by atoms with E-state index in [4.69, 9.17) is 37.0 Å². The second-order valence-electron chi connectivity index (χ2n) is 23.8. The van der Waals surface area contributed by atoms with Crippen LogP contribution < -0.4 is 0 Å². The quantitative estimate of drug-likeness (QED) is 0.0169. The lowest BCUT2D eigenvalue weighted by Crippen LogP contribution is -2.30. The van der Waals surface area contributed by atoms with Crippen LogP contribution in [0.1, 0.15) is 246 Å². The van der Waals surface area contributed by atoms with Crippen molar-refractivity contribution >= 4 is 39.5 Å². The van der Waals surface area contributed by atoms with Gasteiger partial charge in [-0.3, -0.25) is 37.3 Å². The number of carbonyl (C=O) groups excluding carboxylic acids is 4. The van der Waals surface area contributed by atoms with E-state index in [-0.39, 0.29) is 25.7 Å². The minimum absolute atomic E-state index is 0.0676. The number of aliphatic hydroxyl groups is 1. The van der Waals surface area contributed by atoms with E-state index >= 15 is 0 Å². The maximum absolute atomic E-state index is 13.1. The van der Waals surface area contributed by atoms with Crippen molar-refractivity contribution in [3.63, 3.8) is 0 Å². The van der Waals surface area contributed by atoms with Crippen molar-refractivity contribution in [3.8, 4) is 0 Å². The molecule has 0 saturated heterocycles. The van der Waals surface area contributed by atoms with Gasteiger partial charge in [-0.25, -0.2) is 9.13 Å². The van der Waals surface area contributed by atoms with Gasteiger partial charge in [-0.15, -0.1) is 0 Å². The molecule has 17 nitrogen and oxygen atoms in total. The summed E-state index contributed by atoms with van der Waals surface area (Å²) in [4.78, 5) is 72.6. The molecule has 3 N–H and O–H groups in total. The molecule has 0 radical (unpaired) electrons. The lowest BCUT2D eigenvalue weighted by atomic mass is 10.0. The summed E-state index contributed by atoms with van der Waals surface area (Å²) >= 11 is 0. The Balaban J connectivity index is 5.57. The van der Waals surface area contributed by atoms with E-state index in [1.165, 1.54) is 64.2 Å². The molecular formula is C81H128O17P2. The Hall–Kier alpha value is -5.84. The van der Waals surface area contributed by atoms with Gasteiger partial charge in [0.05, 0.1) is 45.7 Å². The summed E-state index contributed by atoms with van der Waals surface area (Å²) in [6.07, 6.45) is 85.6. The van der Waals surface area contributed by atoms with E-state index in [1.54, 1.807) is 30.4 Å². The van der Waals surface area contributed by atoms with Gasteiger partial charge < -0.3 is 33.8 Å². The second-order valence-corrected chi connectivity index (χ2v) is 26.7. The number of phosphoric acid groups is 2. The number of hydrogen-bond donors (Lipinski definition) is 3. The summed E-state index contributed by atoms with van der Waals surface area (Å²) in [7, 11) is -10.0. The average Bonchev–Trinajstić information content (AvgIpc) is 1.01. The molecule has 0 aliphatic heterocycles. The first-order valence-electron chi connectivity index (χ1n) is 37.0. The molecule has 0 bridgehead atoms. The van der Waals surface area contributed by atoms with Crippen LogP contribution in [0.25, 0.3) is 0 Å². The van der Waals surface area contributed by atoms with Crippen LogP contribution in [0, 0.1) is 0 Å². The zero-order valence-corrected chi connectivity index (χ0v) is 63.1. The largest absolute Gasteiger partial charge is 0.472 e. The molecule has 0 aromatic rings. The highest BCUT2D eigenvalue weighted by atomic mass is 31.2. The molecule has 5 unspecified atom stereocenters. The summed E-state index contributed by atoms with van der Waals surface area (Å²) in [5.41, 5.74) is 0. The van der Waals surface area contributed by atoms with Crippen molar-refractivity contribution in [2.24, 2.45) is 0 Å². The first kappa shape index (κ1) is 94.2. The normalized spacial score (nSPS) is 15.0. The maximum Gasteiger partial charge on any atom is 0.472 e. The SMILES string of the molecule is CC/C=C\C/C=C\C/C=C\C/C=C\C/C=C\CC(=O)OCC(COP(=O)(O)OCC(O)COP(=O)(O)OCC(COC(=O)C/C=C\C/C=C\C/C=C\C/C=C\C/C=C\CC)OC(=O)CCCCCCCCCCCCCCCCC)OC(=O)C/C=C\C/C=C\C/C=C\C/C=C\C/C=C\CC. The summed E-state index contributed by atoms with van der Waals surface area (Å²) < 4.78 is 68.0. The van der Waals surface area contributed by atoms with Crippen molar-refractivity contribution in [2.45, 2.75) is 264 Å². The molecule has 0 amide bonds. The van der Waals surface area contributed by atoms with E-state index < -0.39 is 97.5 Å². The summed E-state index contributed by atoms with van der Waals surface area (Å²) in [5, 5.41) is 10.6. The predicted octanol–water partition coefficient (Wildman–Crippen LogP) is 21.2. The van der Waals surface area contributed by atoms with Crippen LogP contribution in [-0.2, 0) is 65.4 Å². The number of hydrogen-bond acceptors (Lipinski definition) is 15. The third-order valence-electron chi connectivity index (χ3n) is 14.5. The molecule has 0 aliphatic carbocycles. The molecule has 0 aromatic carbocycles. The van der Waals surface area contributed by atoms with Crippen LogP contribution in [0.15, 0.2) is 182 Å². The van der Waals surface area contributed by atoms with Gasteiger partial charge in [0.15, 0.2) is 12.2 Å². The minimum Gasteiger partial charge on any atom is -0.461 e. The van der Waals surface area contributed by atoms with Gasteiger partial charge in [0.2, 0.25) is 0 Å². The Morgan fingerprint density at radius 1 is 0.290 bits per heavy atom. The minimum atomic E-state index is -5.03. The predicted molar refractivity (Wildman–Crippen MR) is 408 cm³/mol. The van der Waals surface area contributed by atoms with Gasteiger partial charge in [-0.2, -0.15) is 0 Å². The van der Waals surface area contributed by atoms with Crippen LogP contribution in [-0.4, -0.2) is 96.7 Å². The first-order chi connectivity index (χ1) is 48.7. The molecular weight excluding hydrogens is 1310 g/mol. The van der Waals surface area contributed by atoms with E-state index in [0.29, 0.717) is 25.7 Å². The van der Waals surface area contributed by atoms with E-state index in [9.17, 15) is 43.2 Å². The van der Waals surface area contributed by atoms with Crippen LogP contribution in [0.2, 0.25) is 0 Å². The summed E-state index contributed by atoms with van der Waals surface area (Å²) in [6.45, 7) is 4.15. The Morgan fingerprint density at radius 3 is 0.800 bits per heavy atom. The van der Waals surface area contributed by atoms with Crippen LogP contribution >= 0.6 is 15.6 Å². The lowest BCUT2D eigenvalue weighted by molar-refractivity contribution is -0.160. The van der Waals surface area contributed by atoms with Gasteiger partial charge >= 0.3 is 39.5 Å². The van der Waals surface area contributed by atoms with Gasteiger partial charge in [0.1, 0.15) is 19.3 Å². The van der Waals surface area contributed by atoms with E-state index in [1.807, 2.05) is 42.5 Å². The molecule has 19 heteroatoms. The second kappa shape index (κ2) is 71.6. The fraction of sp³-hybridized carbons (Fsp3) is 0.580. The first-order valence-corrected chi connectivity index (χ1v) is 40.0. The summed E-state index contributed by atoms with van der Waals surface area (Å²) in [5.74, 6) is -2.64. The molecule has 100 heavy (non-hydrogen) atoms. The van der Waals surface area contributed by atoms with Crippen LogP contribution in [0.5, 0.6) is 0 Å². The van der Waals surface area contributed by atoms with Crippen LogP contribution in [0.3, 0.4) is 0 Å².